The molecule has 5 heteroatoms. The summed E-state index contributed by atoms with van der Waals surface area (Å²) in [6.45, 7) is 3.73. The molecule has 0 bridgehead atoms. The molecule has 2 rings (SSSR count). The number of benzene rings is 1. The van der Waals surface area contributed by atoms with Gasteiger partial charge in [0.05, 0.1) is 5.56 Å². The lowest BCUT2D eigenvalue weighted by Crippen LogP contribution is -2.24. The third-order valence-electron chi connectivity index (χ3n) is 3.03. The second kappa shape index (κ2) is 4.90. The van der Waals surface area contributed by atoms with Gasteiger partial charge in [-0.1, -0.05) is 17.7 Å². The van der Waals surface area contributed by atoms with E-state index in [-0.39, 0.29) is 16.8 Å². The molecule has 1 aromatic heterocycles. The normalized spacial score (nSPS) is 10.5. The average molecular weight is 276 g/mol. The van der Waals surface area contributed by atoms with Gasteiger partial charge in [-0.05, 0) is 31.5 Å². The maximum Gasteiger partial charge on any atom is 0.192 e. The monoisotopic (exact) mass is 275 g/mol. The van der Waals surface area contributed by atoms with Gasteiger partial charge in [0.15, 0.2) is 5.43 Å². The number of nitrogens with one attached hydrogen (secondary N) is 1. The summed E-state index contributed by atoms with van der Waals surface area (Å²) in [6, 6.07) is 7.03. The van der Waals surface area contributed by atoms with Gasteiger partial charge in [0.1, 0.15) is 5.84 Å². The molecule has 0 atom stereocenters. The van der Waals surface area contributed by atoms with Crippen LogP contribution >= 0.6 is 11.6 Å². The van der Waals surface area contributed by atoms with Gasteiger partial charge in [-0.3, -0.25) is 10.2 Å². The molecule has 0 saturated carbocycles. The first-order chi connectivity index (χ1) is 8.91. The minimum Gasteiger partial charge on any atom is -0.384 e. The molecule has 3 N–H and O–H groups in total. The van der Waals surface area contributed by atoms with Crippen LogP contribution in [0.3, 0.4) is 0 Å². The van der Waals surface area contributed by atoms with Gasteiger partial charge >= 0.3 is 0 Å². The summed E-state index contributed by atoms with van der Waals surface area (Å²) < 4.78 is 1.82. The first-order valence-electron chi connectivity index (χ1n) is 5.75. The van der Waals surface area contributed by atoms with Gasteiger partial charge < -0.3 is 10.3 Å². The molecule has 0 amide bonds. The quantitative estimate of drug-likeness (QED) is 0.652. The first-order valence-corrected chi connectivity index (χ1v) is 6.13. The van der Waals surface area contributed by atoms with E-state index in [2.05, 4.69) is 0 Å². The summed E-state index contributed by atoms with van der Waals surface area (Å²) >= 11 is 6.11. The molecule has 2 aromatic rings. The number of aromatic nitrogens is 1. The highest BCUT2D eigenvalue weighted by Crippen LogP contribution is 2.23. The number of halogens is 1. The summed E-state index contributed by atoms with van der Waals surface area (Å²) in [5.74, 6) is -0.238. The summed E-state index contributed by atoms with van der Waals surface area (Å²) in [4.78, 5) is 11.8. The van der Waals surface area contributed by atoms with E-state index in [0.717, 1.165) is 16.9 Å². The van der Waals surface area contributed by atoms with Crippen molar-refractivity contribution in [3.63, 3.8) is 0 Å². The van der Waals surface area contributed by atoms with Crippen LogP contribution in [0, 0.1) is 19.3 Å². The Morgan fingerprint density at radius 2 is 2.05 bits per heavy atom. The van der Waals surface area contributed by atoms with Crippen molar-refractivity contribution in [2.45, 2.75) is 13.8 Å². The lowest BCUT2D eigenvalue weighted by molar-refractivity contribution is 0.958. The third-order valence-corrected chi connectivity index (χ3v) is 3.44. The molecule has 0 fully saturated rings. The van der Waals surface area contributed by atoms with Crippen LogP contribution in [0.2, 0.25) is 5.02 Å². The summed E-state index contributed by atoms with van der Waals surface area (Å²) in [5, 5.41) is 8.09. The van der Waals surface area contributed by atoms with E-state index in [4.69, 9.17) is 22.7 Å². The van der Waals surface area contributed by atoms with Crippen LogP contribution in [-0.2, 0) is 0 Å². The molecule has 1 heterocycles. The molecule has 0 aliphatic heterocycles. The van der Waals surface area contributed by atoms with Crippen molar-refractivity contribution in [1.29, 1.82) is 5.41 Å². The number of rotatable bonds is 2. The van der Waals surface area contributed by atoms with Crippen molar-refractivity contribution < 1.29 is 0 Å². The van der Waals surface area contributed by atoms with Gasteiger partial charge in [0.2, 0.25) is 0 Å². The highest BCUT2D eigenvalue weighted by Gasteiger charge is 2.10. The Morgan fingerprint density at radius 3 is 2.68 bits per heavy atom. The van der Waals surface area contributed by atoms with Gasteiger partial charge in [0.25, 0.3) is 0 Å². The fraction of sp³-hybridized carbons (Fsp3) is 0.143. The number of aryl methyl sites for hydroxylation is 1. The zero-order valence-electron chi connectivity index (χ0n) is 10.7. The topological polar surface area (TPSA) is 71.9 Å². The Morgan fingerprint density at radius 1 is 1.37 bits per heavy atom. The van der Waals surface area contributed by atoms with Crippen molar-refractivity contribution >= 4 is 17.4 Å². The Bertz CT molecular complexity index is 719. The SMILES string of the molecule is Cc1c(Cl)cccc1-n1cc(C(=N)N)c(=O)cc1C. The average Bonchev–Trinajstić information content (AvgIpc) is 2.33. The van der Waals surface area contributed by atoms with Crippen molar-refractivity contribution in [2.75, 3.05) is 0 Å². The van der Waals surface area contributed by atoms with Crippen molar-refractivity contribution in [3.8, 4) is 5.69 Å². The second-order valence-electron chi connectivity index (χ2n) is 4.36. The van der Waals surface area contributed by atoms with Crippen LogP contribution in [0.25, 0.3) is 5.69 Å². The Labute approximate surface area is 116 Å². The predicted molar refractivity (Wildman–Crippen MR) is 77.5 cm³/mol. The van der Waals surface area contributed by atoms with Crippen molar-refractivity contribution in [3.05, 3.63) is 62.5 Å². The fourth-order valence-electron chi connectivity index (χ4n) is 1.95. The number of amidine groups is 1. The van der Waals surface area contributed by atoms with E-state index >= 15 is 0 Å². The lowest BCUT2D eigenvalue weighted by atomic mass is 10.1. The van der Waals surface area contributed by atoms with Crippen LogP contribution in [0.5, 0.6) is 0 Å². The third kappa shape index (κ3) is 2.39. The minimum absolute atomic E-state index is 0.185. The van der Waals surface area contributed by atoms with Crippen LogP contribution < -0.4 is 11.2 Å². The number of nitrogens with zero attached hydrogens (tertiary/aromatic N) is 1. The molecule has 19 heavy (non-hydrogen) atoms. The number of hydrogen-bond acceptors (Lipinski definition) is 2. The summed E-state index contributed by atoms with van der Waals surface area (Å²) in [7, 11) is 0. The lowest BCUT2D eigenvalue weighted by Gasteiger charge is -2.15. The minimum atomic E-state index is -0.249. The van der Waals surface area contributed by atoms with E-state index in [1.54, 1.807) is 6.20 Å². The zero-order valence-corrected chi connectivity index (χ0v) is 11.5. The van der Waals surface area contributed by atoms with Crippen LogP contribution in [-0.4, -0.2) is 10.4 Å². The van der Waals surface area contributed by atoms with Crippen LogP contribution in [0.1, 0.15) is 16.8 Å². The van der Waals surface area contributed by atoms with Gasteiger partial charge in [0, 0.05) is 28.7 Å². The smallest absolute Gasteiger partial charge is 0.192 e. The molecular formula is C14H14ClN3O. The highest BCUT2D eigenvalue weighted by atomic mass is 35.5. The molecule has 0 spiro atoms. The molecule has 0 aliphatic rings. The zero-order chi connectivity index (χ0) is 14.2. The number of nitrogen functional groups attached to an aromatic ring is 1. The molecule has 98 valence electrons. The maximum atomic E-state index is 11.8. The van der Waals surface area contributed by atoms with Crippen molar-refractivity contribution in [1.82, 2.24) is 4.57 Å². The number of nitrogens with two attached hydrogens (primary N) is 1. The Kier molecular flexibility index (Phi) is 3.44. The molecule has 0 saturated heterocycles. The molecule has 0 unspecified atom stereocenters. The largest absolute Gasteiger partial charge is 0.384 e. The molecule has 0 radical (unpaired) electrons. The standard InChI is InChI=1S/C14H14ClN3O/c1-8-6-13(19)10(14(16)17)7-18(8)12-5-3-4-11(15)9(12)2/h3-7H,1-2H3,(H3,16,17). The summed E-state index contributed by atoms with van der Waals surface area (Å²) in [6.07, 6.45) is 1.58. The van der Waals surface area contributed by atoms with Crippen LogP contribution in [0.15, 0.2) is 35.3 Å². The van der Waals surface area contributed by atoms with Crippen LogP contribution in [0.4, 0.5) is 0 Å². The Balaban J connectivity index is 2.76. The van der Waals surface area contributed by atoms with Gasteiger partial charge in [-0.2, -0.15) is 0 Å². The molecule has 1 aromatic carbocycles. The summed E-state index contributed by atoms with van der Waals surface area (Å²) in [5.41, 5.74) is 7.90. The second-order valence-corrected chi connectivity index (χ2v) is 4.77. The molecular weight excluding hydrogens is 262 g/mol. The first kappa shape index (κ1) is 13.4. The highest BCUT2D eigenvalue weighted by molar-refractivity contribution is 6.31. The van der Waals surface area contributed by atoms with Gasteiger partial charge in [-0.25, -0.2) is 0 Å². The van der Waals surface area contributed by atoms with E-state index in [1.165, 1.54) is 6.07 Å². The fourth-order valence-corrected chi connectivity index (χ4v) is 2.12. The predicted octanol–water partition coefficient (Wildman–Crippen LogP) is 2.39. The van der Waals surface area contributed by atoms with E-state index < -0.39 is 0 Å². The number of hydrogen-bond donors (Lipinski definition) is 2. The molecule has 0 aliphatic carbocycles. The van der Waals surface area contributed by atoms with Crippen molar-refractivity contribution in [2.24, 2.45) is 5.73 Å². The maximum absolute atomic E-state index is 11.8. The van der Waals surface area contributed by atoms with E-state index in [1.807, 2.05) is 36.6 Å². The van der Waals surface area contributed by atoms with Gasteiger partial charge in [-0.15, -0.1) is 0 Å². The Hall–Kier alpha value is -2.07. The number of pyridine rings is 1. The molecule has 4 nitrogen and oxygen atoms in total. The van der Waals surface area contributed by atoms with E-state index in [0.29, 0.717) is 5.02 Å². The van der Waals surface area contributed by atoms with E-state index in [9.17, 15) is 4.79 Å².